The molecule has 27 heavy (non-hydrogen) atoms. The molecule has 1 aromatic carbocycles. The summed E-state index contributed by atoms with van der Waals surface area (Å²) in [5, 5.41) is 3.75. The van der Waals surface area contributed by atoms with Crippen LogP contribution < -0.4 is 9.46 Å². The third-order valence-electron chi connectivity index (χ3n) is 4.86. The number of sulfonamides is 1. The molecule has 0 spiro atoms. The number of rotatable bonds is 8. The first-order valence-electron chi connectivity index (χ1n) is 9.31. The highest BCUT2D eigenvalue weighted by atomic mass is 32.2. The summed E-state index contributed by atoms with van der Waals surface area (Å²) in [7, 11) is -3.69. The summed E-state index contributed by atoms with van der Waals surface area (Å²) in [6.07, 6.45) is 2.26. The molecule has 1 aliphatic heterocycles. The number of hydrogen-bond acceptors (Lipinski definition) is 6. The van der Waals surface area contributed by atoms with E-state index < -0.39 is 10.0 Å². The van der Waals surface area contributed by atoms with Crippen LogP contribution in [0.5, 0.6) is 5.75 Å². The smallest absolute Gasteiger partial charge is 0.246 e. The lowest BCUT2D eigenvalue weighted by Crippen LogP contribution is -2.37. The average Bonchev–Trinajstić information content (AvgIpc) is 3.27. The molecule has 1 saturated heterocycles. The van der Waals surface area contributed by atoms with Gasteiger partial charge in [0.15, 0.2) is 5.76 Å². The number of nitrogens with zero attached hydrogens (tertiary/aromatic N) is 2. The molecule has 1 atom stereocenters. The van der Waals surface area contributed by atoms with Crippen molar-refractivity contribution in [3.8, 4) is 5.75 Å². The molecule has 0 aliphatic carbocycles. The Kier molecular flexibility index (Phi) is 6.18. The lowest BCUT2D eigenvalue weighted by atomic mass is 10.1. The van der Waals surface area contributed by atoms with Crippen LogP contribution in [0.2, 0.25) is 0 Å². The van der Waals surface area contributed by atoms with Crippen LogP contribution in [0, 0.1) is 13.8 Å². The number of hydrogen-bond donors (Lipinski definition) is 1. The van der Waals surface area contributed by atoms with E-state index >= 15 is 0 Å². The summed E-state index contributed by atoms with van der Waals surface area (Å²) < 4.78 is 38.8. The highest BCUT2D eigenvalue weighted by Gasteiger charge is 2.28. The van der Waals surface area contributed by atoms with E-state index in [1.165, 1.54) is 0 Å². The topological polar surface area (TPSA) is 84.7 Å². The van der Waals surface area contributed by atoms with Gasteiger partial charge in [0.1, 0.15) is 16.3 Å². The Morgan fingerprint density at radius 3 is 2.44 bits per heavy atom. The van der Waals surface area contributed by atoms with Gasteiger partial charge in [-0.15, -0.1) is 0 Å². The van der Waals surface area contributed by atoms with E-state index in [-0.39, 0.29) is 10.9 Å². The number of aryl methyl sites for hydroxylation is 2. The number of ether oxygens (including phenoxy) is 1. The van der Waals surface area contributed by atoms with Gasteiger partial charge in [-0.05, 0) is 64.4 Å². The molecule has 1 N–H and O–H groups in total. The summed E-state index contributed by atoms with van der Waals surface area (Å²) >= 11 is 0. The Labute approximate surface area is 160 Å². The van der Waals surface area contributed by atoms with Crippen LogP contribution >= 0.6 is 0 Å². The van der Waals surface area contributed by atoms with Crippen molar-refractivity contribution in [2.75, 3.05) is 26.2 Å². The second kappa shape index (κ2) is 8.41. The molecule has 148 valence electrons. The van der Waals surface area contributed by atoms with Crippen molar-refractivity contribution in [1.29, 1.82) is 0 Å². The van der Waals surface area contributed by atoms with E-state index in [1.54, 1.807) is 13.8 Å². The van der Waals surface area contributed by atoms with Crippen LogP contribution in [0.3, 0.4) is 0 Å². The third-order valence-corrected chi connectivity index (χ3v) is 6.53. The van der Waals surface area contributed by atoms with E-state index in [9.17, 15) is 8.42 Å². The number of aromatic nitrogens is 1. The van der Waals surface area contributed by atoms with Gasteiger partial charge in [-0.2, -0.15) is 0 Å². The molecule has 1 aliphatic rings. The van der Waals surface area contributed by atoms with Gasteiger partial charge in [-0.25, -0.2) is 13.1 Å². The summed E-state index contributed by atoms with van der Waals surface area (Å²) in [6, 6.07) is 7.87. The van der Waals surface area contributed by atoms with Crippen molar-refractivity contribution < 1.29 is 17.7 Å². The minimum Gasteiger partial charge on any atom is -0.494 e. The molecule has 1 aromatic heterocycles. The molecule has 0 amide bonds. The maximum atomic E-state index is 12.8. The van der Waals surface area contributed by atoms with E-state index in [2.05, 4.69) is 14.8 Å². The van der Waals surface area contributed by atoms with Crippen LogP contribution in [-0.2, 0) is 10.0 Å². The molecule has 1 unspecified atom stereocenters. The molecule has 0 saturated carbocycles. The standard InChI is InChI=1S/C19H27N3O4S/c1-4-25-17-9-7-16(8-10-17)18(22-11-5-6-12-22)13-20-27(23,24)19-14(2)21-26-15(19)3/h7-10,18,20H,4-6,11-13H2,1-3H3. The second-order valence-corrected chi connectivity index (χ2v) is 8.47. The van der Waals surface area contributed by atoms with Gasteiger partial charge in [-0.1, -0.05) is 17.3 Å². The predicted octanol–water partition coefficient (Wildman–Crippen LogP) is 2.81. The molecule has 1 fully saturated rings. The van der Waals surface area contributed by atoms with Gasteiger partial charge in [0.05, 0.1) is 6.61 Å². The molecule has 3 rings (SSSR count). The molecule has 2 heterocycles. The van der Waals surface area contributed by atoms with Gasteiger partial charge in [0, 0.05) is 12.6 Å². The molecule has 0 bridgehead atoms. The van der Waals surface area contributed by atoms with Gasteiger partial charge >= 0.3 is 0 Å². The number of likely N-dealkylation sites (tertiary alicyclic amines) is 1. The first kappa shape index (κ1) is 19.9. The quantitative estimate of drug-likeness (QED) is 0.742. The van der Waals surface area contributed by atoms with Gasteiger partial charge in [0.25, 0.3) is 0 Å². The van der Waals surface area contributed by atoms with E-state index in [1.807, 2.05) is 31.2 Å². The maximum absolute atomic E-state index is 12.8. The molecule has 8 heteroatoms. The van der Waals surface area contributed by atoms with Crippen LogP contribution in [0.4, 0.5) is 0 Å². The fourth-order valence-corrected chi connectivity index (χ4v) is 4.95. The molecule has 2 aromatic rings. The zero-order valence-electron chi connectivity index (χ0n) is 16.1. The normalized spacial score (nSPS) is 16.6. The monoisotopic (exact) mass is 393 g/mol. The Morgan fingerprint density at radius 1 is 1.22 bits per heavy atom. The Balaban J connectivity index is 1.80. The zero-order chi connectivity index (χ0) is 19.4. The Hall–Kier alpha value is -1.90. The lowest BCUT2D eigenvalue weighted by Gasteiger charge is -2.28. The summed E-state index contributed by atoms with van der Waals surface area (Å²) in [4.78, 5) is 2.46. The number of benzene rings is 1. The van der Waals surface area contributed by atoms with E-state index in [4.69, 9.17) is 9.26 Å². The largest absolute Gasteiger partial charge is 0.494 e. The fourth-order valence-electron chi connectivity index (χ4n) is 3.58. The van der Waals surface area contributed by atoms with Crippen molar-refractivity contribution in [2.45, 2.75) is 44.6 Å². The minimum atomic E-state index is -3.69. The highest BCUT2D eigenvalue weighted by Crippen LogP contribution is 2.27. The van der Waals surface area contributed by atoms with Gasteiger partial charge in [-0.3, -0.25) is 4.90 Å². The van der Waals surface area contributed by atoms with E-state index in [0.29, 0.717) is 24.6 Å². The zero-order valence-corrected chi connectivity index (χ0v) is 16.9. The molecule has 0 radical (unpaired) electrons. The van der Waals surface area contributed by atoms with Crippen molar-refractivity contribution >= 4 is 10.0 Å². The highest BCUT2D eigenvalue weighted by molar-refractivity contribution is 7.89. The first-order valence-corrected chi connectivity index (χ1v) is 10.8. The van der Waals surface area contributed by atoms with Crippen LogP contribution in [0.1, 0.15) is 42.8 Å². The third kappa shape index (κ3) is 4.51. The SMILES string of the molecule is CCOc1ccc(C(CNS(=O)(=O)c2c(C)noc2C)N2CCCC2)cc1. The van der Waals surface area contributed by atoms with E-state index in [0.717, 1.165) is 37.2 Å². The Morgan fingerprint density at radius 2 is 1.89 bits per heavy atom. The van der Waals surface area contributed by atoms with Gasteiger partial charge < -0.3 is 9.26 Å². The molecular formula is C19H27N3O4S. The summed E-state index contributed by atoms with van der Waals surface area (Å²) in [6.45, 7) is 8.03. The van der Waals surface area contributed by atoms with Crippen LogP contribution in [-0.4, -0.2) is 44.7 Å². The lowest BCUT2D eigenvalue weighted by molar-refractivity contribution is 0.246. The van der Waals surface area contributed by atoms with Crippen molar-refractivity contribution in [3.63, 3.8) is 0 Å². The van der Waals surface area contributed by atoms with Crippen molar-refractivity contribution in [3.05, 3.63) is 41.3 Å². The Bertz CT molecular complexity index is 836. The average molecular weight is 394 g/mol. The fraction of sp³-hybridized carbons (Fsp3) is 0.526. The van der Waals surface area contributed by atoms with Crippen molar-refractivity contribution in [2.24, 2.45) is 0 Å². The number of nitrogens with one attached hydrogen (secondary N) is 1. The van der Waals surface area contributed by atoms with Crippen LogP contribution in [0.25, 0.3) is 0 Å². The molecular weight excluding hydrogens is 366 g/mol. The first-order chi connectivity index (χ1) is 12.9. The summed E-state index contributed by atoms with van der Waals surface area (Å²) in [5.41, 5.74) is 1.45. The summed E-state index contributed by atoms with van der Waals surface area (Å²) in [5.74, 6) is 1.12. The van der Waals surface area contributed by atoms with Crippen LogP contribution in [0.15, 0.2) is 33.7 Å². The second-order valence-electron chi connectivity index (χ2n) is 6.77. The minimum absolute atomic E-state index is 0.0292. The molecule has 7 nitrogen and oxygen atoms in total. The van der Waals surface area contributed by atoms with Gasteiger partial charge in [0.2, 0.25) is 10.0 Å². The maximum Gasteiger partial charge on any atom is 0.246 e. The van der Waals surface area contributed by atoms with Crippen molar-refractivity contribution in [1.82, 2.24) is 14.8 Å². The predicted molar refractivity (Wildman–Crippen MR) is 102 cm³/mol.